The van der Waals surface area contributed by atoms with Crippen molar-refractivity contribution in [1.82, 2.24) is 21.0 Å². The van der Waals surface area contributed by atoms with Crippen molar-refractivity contribution in [3.05, 3.63) is 106 Å². The molecule has 2 heterocycles. The van der Waals surface area contributed by atoms with Gasteiger partial charge in [-0.1, -0.05) is 53.5 Å². The zero-order valence-corrected chi connectivity index (χ0v) is 22.0. The van der Waals surface area contributed by atoms with E-state index in [0.29, 0.717) is 46.0 Å². The van der Waals surface area contributed by atoms with Crippen LogP contribution >= 0.6 is 23.2 Å². The van der Waals surface area contributed by atoms with Gasteiger partial charge in [-0.05, 0) is 42.3 Å². The summed E-state index contributed by atoms with van der Waals surface area (Å²) in [6, 6.07) is 19.5. The van der Waals surface area contributed by atoms with Gasteiger partial charge in [0.1, 0.15) is 11.9 Å². The lowest BCUT2D eigenvalue weighted by atomic mass is 10.0. The Morgan fingerprint density at radius 1 is 1.05 bits per heavy atom. The highest BCUT2D eigenvalue weighted by atomic mass is 35.5. The lowest BCUT2D eigenvalue weighted by Gasteiger charge is -2.22. The van der Waals surface area contributed by atoms with E-state index in [-0.39, 0.29) is 16.6 Å². The van der Waals surface area contributed by atoms with E-state index in [0.717, 1.165) is 11.3 Å². The first-order chi connectivity index (χ1) is 19.0. The van der Waals surface area contributed by atoms with Crippen LogP contribution in [0.1, 0.15) is 23.6 Å². The fourth-order valence-corrected chi connectivity index (χ4v) is 4.75. The average molecular weight is 566 g/mol. The maximum Gasteiger partial charge on any atom is 0.141 e. The molecule has 0 unspecified atom stereocenters. The topological polar surface area (TPSA) is 88.0 Å². The molecule has 1 aromatic heterocycles. The summed E-state index contributed by atoms with van der Waals surface area (Å²) in [5.41, 5.74) is 10.4. The van der Waals surface area contributed by atoms with Crippen LogP contribution in [0.4, 0.5) is 25.8 Å². The van der Waals surface area contributed by atoms with E-state index in [1.54, 1.807) is 11.1 Å². The molecule has 1 aliphatic heterocycles. The molecule has 198 valence electrons. The molecule has 5 rings (SSSR count). The highest BCUT2D eigenvalue weighted by molar-refractivity contribution is 6.36. The van der Waals surface area contributed by atoms with Crippen molar-refractivity contribution in [2.24, 2.45) is 0 Å². The van der Waals surface area contributed by atoms with Crippen LogP contribution < -0.4 is 21.6 Å². The first kappa shape index (κ1) is 26.5. The fraction of sp³-hybridized carbons (Fsp3) is 0.143. The third-order valence-corrected chi connectivity index (χ3v) is 6.74. The van der Waals surface area contributed by atoms with Crippen LogP contribution in [0, 0.1) is 17.1 Å². The largest absolute Gasteiger partial charge is 0.373 e. The summed E-state index contributed by atoms with van der Waals surface area (Å²) in [6.45, 7) is 0.0951. The number of alkyl halides is 1. The lowest BCUT2D eigenvalue weighted by Crippen LogP contribution is -2.38. The van der Waals surface area contributed by atoms with Crippen molar-refractivity contribution in [3.63, 3.8) is 0 Å². The van der Waals surface area contributed by atoms with Gasteiger partial charge in [0.25, 0.3) is 0 Å². The third-order valence-electron chi connectivity index (χ3n) is 6.16. The van der Waals surface area contributed by atoms with Gasteiger partial charge >= 0.3 is 0 Å². The van der Waals surface area contributed by atoms with Gasteiger partial charge in [-0.3, -0.25) is 14.4 Å². The number of hydrogen-bond donors (Lipinski definition) is 4. The second-order valence-corrected chi connectivity index (χ2v) is 9.63. The number of pyridine rings is 1. The number of halogens is 4. The molecule has 4 N–H and O–H groups in total. The van der Waals surface area contributed by atoms with E-state index in [1.165, 1.54) is 24.4 Å². The van der Waals surface area contributed by atoms with E-state index < -0.39 is 12.5 Å². The Bertz CT molecular complexity index is 1570. The molecule has 0 saturated carbocycles. The molecule has 0 saturated heterocycles. The highest BCUT2D eigenvalue weighted by Gasteiger charge is 2.23. The molecular weight excluding hydrogens is 543 g/mol. The number of nitriles is 1. The molecule has 0 spiro atoms. The maximum atomic E-state index is 13.7. The summed E-state index contributed by atoms with van der Waals surface area (Å²) >= 11 is 12.7. The molecule has 1 atom stereocenters. The van der Waals surface area contributed by atoms with Gasteiger partial charge in [0.15, 0.2) is 0 Å². The fourth-order valence-electron chi connectivity index (χ4n) is 4.30. The van der Waals surface area contributed by atoms with Gasteiger partial charge in [-0.25, -0.2) is 4.39 Å². The molecule has 3 aromatic carbocycles. The SMILES string of the molecule is N#Cc1cnc2c(Cl)cc(N[C@H](C3=CN(CCCF)NN3)c3ccccc3)cc2c1Nc1ccc(F)c(Cl)c1. The van der Waals surface area contributed by atoms with Crippen molar-refractivity contribution in [2.75, 3.05) is 23.9 Å². The van der Waals surface area contributed by atoms with Gasteiger partial charge in [0, 0.05) is 35.7 Å². The predicted molar refractivity (Wildman–Crippen MR) is 151 cm³/mol. The second kappa shape index (κ2) is 11.7. The molecule has 4 aromatic rings. The average Bonchev–Trinajstić information content (AvgIpc) is 3.42. The van der Waals surface area contributed by atoms with Crippen molar-refractivity contribution in [1.29, 1.82) is 5.26 Å². The number of anilines is 3. The van der Waals surface area contributed by atoms with Crippen LogP contribution in [0.5, 0.6) is 0 Å². The van der Waals surface area contributed by atoms with Crippen molar-refractivity contribution in [2.45, 2.75) is 12.5 Å². The van der Waals surface area contributed by atoms with Gasteiger partial charge in [0.2, 0.25) is 0 Å². The molecule has 0 bridgehead atoms. The summed E-state index contributed by atoms with van der Waals surface area (Å²) in [4.78, 5) is 4.40. The van der Waals surface area contributed by atoms with Crippen LogP contribution in [0.15, 0.2) is 78.8 Å². The summed E-state index contributed by atoms with van der Waals surface area (Å²) in [6.07, 6.45) is 3.72. The Morgan fingerprint density at radius 2 is 1.85 bits per heavy atom. The number of hydrazine groups is 2. The third kappa shape index (κ3) is 5.83. The van der Waals surface area contributed by atoms with Gasteiger partial charge in [0.05, 0.1) is 45.2 Å². The molecule has 11 heteroatoms. The number of aromatic nitrogens is 1. The quantitative estimate of drug-likeness (QED) is 0.174. The minimum Gasteiger partial charge on any atom is -0.373 e. The molecule has 7 nitrogen and oxygen atoms in total. The first-order valence-corrected chi connectivity index (χ1v) is 12.8. The minimum absolute atomic E-state index is 0.0468. The number of nitrogens with zero attached hydrogens (tertiary/aromatic N) is 3. The molecule has 0 radical (unpaired) electrons. The first-order valence-electron chi connectivity index (χ1n) is 12.1. The standard InChI is InChI=1S/C28H23Cl2F2N7/c29-22-12-19(7-8-24(22)32)35-26-18(14-33)15-34-28-21(26)11-20(13-23(28)30)36-27(17-5-2-1-3-6-17)25-16-39(38-37-25)10-4-9-31/h1-3,5-8,11-13,15-16,27,36-38H,4,9-10H2,(H,34,35)/t27-/m0/s1. The minimum atomic E-state index is -0.545. The Hall–Kier alpha value is -4.10. The van der Waals surface area contributed by atoms with E-state index in [2.05, 4.69) is 32.6 Å². The predicted octanol–water partition coefficient (Wildman–Crippen LogP) is 6.97. The molecule has 39 heavy (non-hydrogen) atoms. The summed E-state index contributed by atoms with van der Waals surface area (Å²) in [7, 11) is 0. The van der Waals surface area contributed by atoms with Crippen LogP contribution in [0.25, 0.3) is 10.9 Å². The molecule has 1 aliphatic rings. The van der Waals surface area contributed by atoms with E-state index in [1.807, 2.05) is 42.6 Å². The van der Waals surface area contributed by atoms with E-state index >= 15 is 0 Å². The van der Waals surface area contributed by atoms with Gasteiger partial charge in [-0.15, -0.1) is 5.53 Å². The number of hydrogen-bond acceptors (Lipinski definition) is 7. The van der Waals surface area contributed by atoms with Crippen LogP contribution in [0.3, 0.4) is 0 Å². The van der Waals surface area contributed by atoms with Crippen molar-refractivity contribution in [3.8, 4) is 6.07 Å². The van der Waals surface area contributed by atoms with Gasteiger partial charge in [-0.2, -0.15) is 5.26 Å². The van der Waals surface area contributed by atoms with Gasteiger partial charge < -0.3 is 16.1 Å². The zero-order chi connectivity index (χ0) is 27.4. The number of rotatable bonds is 9. The Balaban J connectivity index is 1.56. The smallest absolute Gasteiger partial charge is 0.141 e. The molecular formula is C28H23Cl2F2N7. The number of benzene rings is 3. The zero-order valence-electron chi connectivity index (χ0n) is 20.5. The Labute approximate surface area is 234 Å². The Morgan fingerprint density at radius 3 is 2.59 bits per heavy atom. The molecule has 0 fully saturated rings. The van der Waals surface area contributed by atoms with Crippen LogP contribution in [-0.2, 0) is 0 Å². The van der Waals surface area contributed by atoms with Crippen LogP contribution in [0.2, 0.25) is 10.0 Å². The Kier molecular flexibility index (Phi) is 7.98. The summed E-state index contributed by atoms with van der Waals surface area (Å²) in [5.74, 6) is -0.545. The summed E-state index contributed by atoms with van der Waals surface area (Å²) in [5, 5.41) is 19.2. The van der Waals surface area contributed by atoms with Crippen molar-refractivity contribution < 1.29 is 8.78 Å². The van der Waals surface area contributed by atoms with E-state index in [9.17, 15) is 14.0 Å². The lowest BCUT2D eigenvalue weighted by molar-refractivity contribution is 0.256. The van der Waals surface area contributed by atoms with Crippen LogP contribution in [-0.4, -0.2) is 23.2 Å². The van der Waals surface area contributed by atoms with E-state index in [4.69, 9.17) is 23.2 Å². The number of fused-ring (bicyclic) bond motifs is 1. The second-order valence-electron chi connectivity index (χ2n) is 8.81. The normalized spacial score (nSPS) is 13.5. The number of nitrogens with one attached hydrogen (secondary N) is 4. The highest BCUT2D eigenvalue weighted by Crippen LogP contribution is 2.37. The van der Waals surface area contributed by atoms with Crippen molar-refractivity contribution >= 4 is 51.2 Å². The molecule has 0 aliphatic carbocycles. The summed E-state index contributed by atoms with van der Waals surface area (Å²) < 4.78 is 26.4. The molecule has 0 amide bonds. The maximum absolute atomic E-state index is 13.7. The monoisotopic (exact) mass is 565 g/mol.